The van der Waals surface area contributed by atoms with Crippen molar-refractivity contribution in [1.82, 2.24) is 0 Å². The molecule has 62 valence electrons. The van der Waals surface area contributed by atoms with Gasteiger partial charge in [-0.2, -0.15) is 0 Å². The first kappa shape index (κ1) is 7.50. The van der Waals surface area contributed by atoms with Gasteiger partial charge in [-0.15, -0.1) is 0 Å². The van der Waals surface area contributed by atoms with Crippen LogP contribution < -0.4 is 5.73 Å². The zero-order chi connectivity index (χ0) is 8.55. The van der Waals surface area contributed by atoms with Gasteiger partial charge in [0.2, 0.25) is 0 Å². The van der Waals surface area contributed by atoms with Gasteiger partial charge in [0.15, 0.2) is 0 Å². The van der Waals surface area contributed by atoms with E-state index < -0.39 is 0 Å². The summed E-state index contributed by atoms with van der Waals surface area (Å²) in [4.78, 5) is 10.7. The predicted octanol–water partition coefficient (Wildman–Crippen LogP) is 1.37. The van der Waals surface area contributed by atoms with Crippen LogP contribution >= 0.6 is 0 Å². The van der Waals surface area contributed by atoms with Gasteiger partial charge in [-0.3, -0.25) is 0 Å². The van der Waals surface area contributed by atoms with Crippen LogP contribution in [0.25, 0.3) is 0 Å². The third-order valence-electron chi connectivity index (χ3n) is 2.47. The van der Waals surface area contributed by atoms with Crippen molar-refractivity contribution in [3.8, 4) is 0 Å². The van der Waals surface area contributed by atoms with Gasteiger partial charge in [0.25, 0.3) is 0 Å². The third kappa shape index (κ3) is 0.959. The number of carbonyl (C=O) groups is 1. The van der Waals surface area contributed by atoms with Gasteiger partial charge in [-0.25, -0.2) is 0 Å². The first-order chi connectivity index (χ1) is 5.83. The normalized spacial score (nSPS) is 26.8. The number of benzene rings is 1. The van der Waals surface area contributed by atoms with Crippen LogP contribution in [-0.2, 0) is 4.79 Å². The smallest absolute Gasteiger partial charge is 0.127 e. The van der Waals surface area contributed by atoms with Crippen molar-refractivity contribution < 1.29 is 4.79 Å². The van der Waals surface area contributed by atoms with Crippen LogP contribution in [0.1, 0.15) is 29.5 Å². The molecule has 2 unspecified atom stereocenters. The SMILES string of the molecule is NC1CC(C=O)c2ccccc21. The standard InChI is InChI=1S/C10H11NO/c11-10-5-7(6-12)8-3-1-2-4-9(8)10/h1-4,6-7,10H,5,11H2. The van der Waals surface area contributed by atoms with E-state index in [9.17, 15) is 4.79 Å². The zero-order valence-electron chi connectivity index (χ0n) is 6.73. The highest BCUT2D eigenvalue weighted by molar-refractivity contribution is 5.65. The van der Waals surface area contributed by atoms with Gasteiger partial charge in [0.1, 0.15) is 6.29 Å². The zero-order valence-corrected chi connectivity index (χ0v) is 6.73. The number of aldehydes is 1. The largest absolute Gasteiger partial charge is 0.324 e. The molecule has 2 rings (SSSR count). The monoisotopic (exact) mass is 161 g/mol. The molecule has 1 aliphatic carbocycles. The van der Waals surface area contributed by atoms with Crippen LogP contribution in [0.15, 0.2) is 24.3 Å². The Balaban J connectivity index is 2.49. The number of carbonyl (C=O) groups excluding carboxylic acids is 1. The van der Waals surface area contributed by atoms with Crippen molar-refractivity contribution >= 4 is 6.29 Å². The molecule has 0 aliphatic heterocycles. The number of nitrogens with two attached hydrogens (primary N) is 1. The van der Waals surface area contributed by atoms with Crippen molar-refractivity contribution in [3.05, 3.63) is 35.4 Å². The van der Waals surface area contributed by atoms with E-state index in [-0.39, 0.29) is 12.0 Å². The van der Waals surface area contributed by atoms with Gasteiger partial charge in [0, 0.05) is 12.0 Å². The summed E-state index contributed by atoms with van der Waals surface area (Å²) in [6, 6.07) is 7.96. The van der Waals surface area contributed by atoms with Crippen molar-refractivity contribution in [2.75, 3.05) is 0 Å². The Morgan fingerprint density at radius 2 is 2.00 bits per heavy atom. The van der Waals surface area contributed by atoms with Crippen LogP contribution in [0.4, 0.5) is 0 Å². The molecule has 0 saturated carbocycles. The van der Waals surface area contributed by atoms with E-state index in [1.54, 1.807) is 0 Å². The molecule has 2 heteroatoms. The lowest BCUT2D eigenvalue weighted by Crippen LogP contribution is -2.05. The maximum Gasteiger partial charge on any atom is 0.127 e. The molecule has 0 saturated heterocycles. The van der Waals surface area contributed by atoms with E-state index in [0.29, 0.717) is 0 Å². The summed E-state index contributed by atoms with van der Waals surface area (Å²) in [5.41, 5.74) is 8.10. The van der Waals surface area contributed by atoms with Crippen molar-refractivity contribution in [2.45, 2.75) is 18.4 Å². The fourth-order valence-corrected chi connectivity index (χ4v) is 1.84. The summed E-state index contributed by atoms with van der Waals surface area (Å²) < 4.78 is 0. The summed E-state index contributed by atoms with van der Waals surface area (Å²) in [6.45, 7) is 0. The van der Waals surface area contributed by atoms with E-state index in [2.05, 4.69) is 0 Å². The highest BCUT2D eigenvalue weighted by Crippen LogP contribution is 2.36. The molecule has 12 heavy (non-hydrogen) atoms. The first-order valence-corrected chi connectivity index (χ1v) is 4.12. The van der Waals surface area contributed by atoms with Crippen LogP contribution in [0, 0.1) is 0 Å². The van der Waals surface area contributed by atoms with Crippen LogP contribution in [-0.4, -0.2) is 6.29 Å². The van der Waals surface area contributed by atoms with Crippen molar-refractivity contribution in [2.24, 2.45) is 5.73 Å². The molecule has 2 nitrogen and oxygen atoms in total. The minimum absolute atomic E-state index is 0.0243. The fourth-order valence-electron chi connectivity index (χ4n) is 1.84. The summed E-state index contributed by atoms with van der Waals surface area (Å²) in [5.74, 6) is 0.0243. The molecule has 0 radical (unpaired) electrons. The van der Waals surface area contributed by atoms with E-state index in [0.717, 1.165) is 23.8 Å². The Bertz CT molecular complexity index is 308. The van der Waals surface area contributed by atoms with Crippen molar-refractivity contribution in [3.63, 3.8) is 0 Å². The minimum atomic E-state index is 0.0243. The van der Waals surface area contributed by atoms with Gasteiger partial charge >= 0.3 is 0 Å². The Labute approximate surface area is 71.4 Å². The lowest BCUT2D eigenvalue weighted by atomic mass is 10.0. The molecule has 2 N–H and O–H groups in total. The van der Waals surface area contributed by atoms with Gasteiger partial charge < -0.3 is 10.5 Å². The van der Waals surface area contributed by atoms with E-state index in [4.69, 9.17) is 5.73 Å². The minimum Gasteiger partial charge on any atom is -0.324 e. The van der Waals surface area contributed by atoms with Gasteiger partial charge in [-0.05, 0) is 17.5 Å². The second kappa shape index (κ2) is 2.72. The van der Waals surface area contributed by atoms with Gasteiger partial charge in [-0.1, -0.05) is 24.3 Å². The predicted molar refractivity (Wildman–Crippen MR) is 46.8 cm³/mol. The van der Waals surface area contributed by atoms with E-state index in [1.165, 1.54) is 0 Å². The second-order valence-electron chi connectivity index (χ2n) is 3.21. The lowest BCUT2D eigenvalue weighted by Gasteiger charge is -2.01. The first-order valence-electron chi connectivity index (χ1n) is 4.12. The van der Waals surface area contributed by atoms with Crippen LogP contribution in [0.5, 0.6) is 0 Å². The molecule has 0 fully saturated rings. The number of rotatable bonds is 1. The average molecular weight is 161 g/mol. The Kier molecular flexibility index (Phi) is 1.70. The average Bonchev–Trinajstić information content (AvgIpc) is 2.44. The fraction of sp³-hybridized carbons (Fsp3) is 0.300. The lowest BCUT2D eigenvalue weighted by molar-refractivity contribution is -0.109. The summed E-state index contributed by atoms with van der Waals surface area (Å²) >= 11 is 0. The summed E-state index contributed by atoms with van der Waals surface area (Å²) in [6.07, 6.45) is 1.76. The molecule has 0 aromatic heterocycles. The third-order valence-corrected chi connectivity index (χ3v) is 2.47. The number of hydrogen-bond donors (Lipinski definition) is 1. The molecule has 0 amide bonds. The number of fused-ring (bicyclic) bond motifs is 1. The second-order valence-corrected chi connectivity index (χ2v) is 3.21. The summed E-state index contributed by atoms with van der Waals surface area (Å²) in [7, 11) is 0. The van der Waals surface area contributed by atoms with Gasteiger partial charge in [0.05, 0.1) is 0 Å². The molecule has 0 spiro atoms. The molecule has 0 bridgehead atoms. The quantitative estimate of drug-likeness (QED) is 0.632. The molecule has 2 atom stereocenters. The van der Waals surface area contributed by atoms with Crippen LogP contribution in [0.3, 0.4) is 0 Å². The number of hydrogen-bond acceptors (Lipinski definition) is 2. The highest BCUT2D eigenvalue weighted by atomic mass is 16.1. The summed E-state index contributed by atoms with van der Waals surface area (Å²) in [5, 5.41) is 0. The highest BCUT2D eigenvalue weighted by Gasteiger charge is 2.27. The molecule has 1 aromatic carbocycles. The van der Waals surface area contributed by atoms with Crippen molar-refractivity contribution in [1.29, 1.82) is 0 Å². The van der Waals surface area contributed by atoms with E-state index in [1.807, 2.05) is 24.3 Å². The topological polar surface area (TPSA) is 43.1 Å². The molecular formula is C10H11NO. The molecule has 1 aromatic rings. The van der Waals surface area contributed by atoms with E-state index >= 15 is 0 Å². The Hall–Kier alpha value is -1.15. The molecule has 1 aliphatic rings. The molecule has 0 heterocycles. The Morgan fingerprint density at radius 1 is 1.33 bits per heavy atom. The Morgan fingerprint density at radius 3 is 2.67 bits per heavy atom. The maximum atomic E-state index is 10.7. The maximum absolute atomic E-state index is 10.7. The van der Waals surface area contributed by atoms with Crippen LogP contribution in [0.2, 0.25) is 0 Å². The molecular weight excluding hydrogens is 150 g/mol.